The van der Waals surface area contributed by atoms with Gasteiger partial charge in [0, 0.05) is 57.2 Å². The van der Waals surface area contributed by atoms with Crippen molar-refractivity contribution >= 4 is 27.1 Å². The number of aryl methyl sites for hydroxylation is 3. The Balaban J connectivity index is 1.39. The molecule has 32 heavy (non-hydrogen) atoms. The maximum Gasteiger partial charge on any atom is 0.256 e. The van der Waals surface area contributed by atoms with E-state index in [0.717, 1.165) is 43.0 Å². The molecule has 3 aromatic heterocycles. The van der Waals surface area contributed by atoms with Crippen LogP contribution in [0.5, 0.6) is 0 Å². The van der Waals surface area contributed by atoms with Crippen LogP contribution >= 0.6 is 0 Å². The predicted octanol–water partition coefficient (Wildman–Crippen LogP) is 2.01. The van der Waals surface area contributed by atoms with Crippen molar-refractivity contribution in [2.75, 3.05) is 26.2 Å². The van der Waals surface area contributed by atoms with Crippen LogP contribution in [0.2, 0.25) is 0 Å². The molecule has 5 heterocycles. The SMILES string of the molecule is Cc1cc(C(=O)N2CCN(S(=O)(=O)c3cccnc3)CC2)c2nc3n(c2n1)CCCCC3. The highest BCUT2D eigenvalue weighted by Gasteiger charge is 2.32. The van der Waals surface area contributed by atoms with Gasteiger partial charge >= 0.3 is 0 Å². The van der Waals surface area contributed by atoms with E-state index in [1.54, 1.807) is 29.3 Å². The van der Waals surface area contributed by atoms with Crippen molar-refractivity contribution < 1.29 is 13.2 Å². The van der Waals surface area contributed by atoms with Crippen LogP contribution in [-0.4, -0.2) is 69.2 Å². The van der Waals surface area contributed by atoms with E-state index in [-0.39, 0.29) is 23.9 Å². The number of nitrogens with zero attached hydrogens (tertiary/aromatic N) is 6. The summed E-state index contributed by atoms with van der Waals surface area (Å²) in [4.78, 5) is 28.7. The van der Waals surface area contributed by atoms with E-state index < -0.39 is 10.0 Å². The molecule has 0 bridgehead atoms. The lowest BCUT2D eigenvalue weighted by Gasteiger charge is -2.34. The third-order valence-electron chi connectivity index (χ3n) is 6.22. The summed E-state index contributed by atoms with van der Waals surface area (Å²) >= 11 is 0. The van der Waals surface area contributed by atoms with Crippen molar-refractivity contribution in [2.24, 2.45) is 0 Å². The zero-order valence-corrected chi connectivity index (χ0v) is 18.9. The van der Waals surface area contributed by atoms with Gasteiger partial charge in [-0.25, -0.2) is 18.4 Å². The minimum atomic E-state index is -3.62. The smallest absolute Gasteiger partial charge is 0.256 e. The average molecular weight is 455 g/mol. The van der Waals surface area contributed by atoms with Gasteiger partial charge < -0.3 is 9.47 Å². The number of fused-ring (bicyclic) bond motifs is 3. The molecule has 1 fully saturated rings. The van der Waals surface area contributed by atoms with Crippen LogP contribution in [0.3, 0.4) is 0 Å². The van der Waals surface area contributed by atoms with E-state index in [0.29, 0.717) is 24.2 Å². The fourth-order valence-corrected chi connectivity index (χ4v) is 5.92. The molecule has 0 radical (unpaired) electrons. The lowest BCUT2D eigenvalue weighted by atomic mass is 10.1. The summed E-state index contributed by atoms with van der Waals surface area (Å²) in [6, 6.07) is 4.95. The quantitative estimate of drug-likeness (QED) is 0.600. The van der Waals surface area contributed by atoms with Crippen LogP contribution in [-0.2, 0) is 23.0 Å². The van der Waals surface area contributed by atoms with E-state index in [9.17, 15) is 13.2 Å². The second-order valence-corrected chi connectivity index (χ2v) is 10.3. The van der Waals surface area contributed by atoms with Gasteiger partial charge in [0.15, 0.2) is 5.65 Å². The molecule has 2 aliphatic rings. The maximum absolute atomic E-state index is 13.4. The molecule has 1 saturated heterocycles. The zero-order valence-electron chi connectivity index (χ0n) is 18.1. The van der Waals surface area contributed by atoms with Crippen LogP contribution in [0.1, 0.15) is 41.1 Å². The molecule has 0 atom stereocenters. The average Bonchev–Trinajstić information content (AvgIpc) is 2.99. The Bertz CT molecular complexity index is 1260. The van der Waals surface area contributed by atoms with Crippen LogP contribution in [0.25, 0.3) is 11.2 Å². The minimum Gasteiger partial charge on any atom is -0.336 e. The van der Waals surface area contributed by atoms with Crippen molar-refractivity contribution in [1.29, 1.82) is 0 Å². The van der Waals surface area contributed by atoms with Gasteiger partial charge in [0.2, 0.25) is 10.0 Å². The number of imidazole rings is 1. The van der Waals surface area contributed by atoms with Crippen LogP contribution in [0.15, 0.2) is 35.5 Å². The zero-order chi connectivity index (χ0) is 22.3. The van der Waals surface area contributed by atoms with E-state index in [1.165, 1.54) is 16.9 Å². The lowest BCUT2D eigenvalue weighted by Crippen LogP contribution is -2.50. The summed E-state index contributed by atoms with van der Waals surface area (Å²) in [7, 11) is -3.62. The molecule has 168 valence electrons. The molecule has 0 aliphatic carbocycles. The predicted molar refractivity (Wildman–Crippen MR) is 119 cm³/mol. The Morgan fingerprint density at radius 1 is 1.03 bits per heavy atom. The Morgan fingerprint density at radius 2 is 1.84 bits per heavy atom. The summed E-state index contributed by atoms with van der Waals surface area (Å²) in [6.45, 7) is 3.92. The van der Waals surface area contributed by atoms with Crippen molar-refractivity contribution in [1.82, 2.24) is 28.7 Å². The first-order valence-corrected chi connectivity index (χ1v) is 12.5. The number of aromatic nitrogens is 4. The largest absolute Gasteiger partial charge is 0.336 e. The molecule has 5 rings (SSSR count). The first-order chi connectivity index (χ1) is 15.4. The normalized spacial score (nSPS) is 17.8. The van der Waals surface area contributed by atoms with E-state index in [2.05, 4.69) is 9.55 Å². The van der Waals surface area contributed by atoms with Crippen molar-refractivity contribution in [3.8, 4) is 0 Å². The van der Waals surface area contributed by atoms with E-state index >= 15 is 0 Å². The molecule has 10 heteroatoms. The van der Waals surface area contributed by atoms with Crippen LogP contribution in [0.4, 0.5) is 0 Å². The second-order valence-electron chi connectivity index (χ2n) is 8.36. The summed E-state index contributed by atoms with van der Waals surface area (Å²) in [5.41, 5.74) is 2.77. The Hall–Kier alpha value is -2.85. The molecule has 0 saturated carbocycles. The molecular formula is C22H26N6O3S. The van der Waals surface area contributed by atoms with Gasteiger partial charge in [-0.15, -0.1) is 0 Å². The fourth-order valence-electron chi connectivity index (χ4n) is 4.53. The molecule has 0 N–H and O–H groups in total. The number of amides is 1. The number of piperazine rings is 1. The molecule has 0 aromatic carbocycles. The topological polar surface area (TPSA) is 101 Å². The number of hydrogen-bond donors (Lipinski definition) is 0. The lowest BCUT2D eigenvalue weighted by molar-refractivity contribution is 0.0699. The summed E-state index contributed by atoms with van der Waals surface area (Å²) in [5, 5.41) is 0. The third-order valence-corrected chi connectivity index (χ3v) is 8.10. The summed E-state index contributed by atoms with van der Waals surface area (Å²) < 4.78 is 29.3. The highest BCUT2D eigenvalue weighted by Crippen LogP contribution is 2.25. The number of hydrogen-bond acceptors (Lipinski definition) is 6. The molecule has 2 aliphatic heterocycles. The first-order valence-electron chi connectivity index (χ1n) is 11.0. The molecule has 1 amide bonds. The number of carbonyl (C=O) groups excluding carboxylic acids is 1. The third kappa shape index (κ3) is 3.67. The van der Waals surface area contributed by atoms with Crippen molar-refractivity contribution in [3.63, 3.8) is 0 Å². The van der Waals surface area contributed by atoms with Gasteiger partial charge in [0.05, 0.1) is 5.56 Å². The van der Waals surface area contributed by atoms with Gasteiger partial charge in [-0.05, 0) is 38.0 Å². The minimum absolute atomic E-state index is 0.118. The number of carbonyl (C=O) groups is 1. The number of rotatable bonds is 3. The molecule has 0 spiro atoms. The molecule has 9 nitrogen and oxygen atoms in total. The van der Waals surface area contributed by atoms with Gasteiger partial charge in [-0.3, -0.25) is 9.78 Å². The van der Waals surface area contributed by atoms with Gasteiger partial charge in [-0.2, -0.15) is 4.31 Å². The highest BCUT2D eigenvalue weighted by molar-refractivity contribution is 7.89. The van der Waals surface area contributed by atoms with Gasteiger partial charge in [0.25, 0.3) is 5.91 Å². The molecule has 0 unspecified atom stereocenters. The Morgan fingerprint density at radius 3 is 2.59 bits per heavy atom. The van der Waals surface area contributed by atoms with Gasteiger partial charge in [-0.1, -0.05) is 6.42 Å². The monoisotopic (exact) mass is 454 g/mol. The maximum atomic E-state index is 13.4. The Labute approximate surface area is 187 Å². The van der Waals surface area contributed by atoms with Crippen molar-refractivity contribution in [2.45, 2.75) is 44.0 Å². The number of sulfonamides is 1. The van der Waals surface area contributed by atoms with Crippen molar-refractivity contribution in [3.05, 3.63) is 47.7 Å². The summed E-state index contributed by atoms with van der Waals surface area (Å²) in [5.74, 6) is 0.879. The number of pyridine rings is 2. The van der Waals surface area contributed by atoms with Crippen LogP contribution in [0, 0.1) is 6.92 Å². The standard InChI is InChI=1S/C22H26N6O3S/c1-16-14-18(20-21(24-16)28-9-4-2-3-7-19(28)25-20)22(29)26-10-12-27(13-11-26)32(30,31)17-6-5-8-23-15-17/h5-6,8,14-15H,2-4,7,9-13H2,1H3. The highest BCUT2D eigenvalue weighted by atomic mass is 32.2. The first kappa shape index (κ1) is 21.0. The Kier molecular flexibility index (Phi) is 5.42. The second kappa shape index (κ2) is 8.25. The van der Waals surface area contributed by atoms with Gasteiger partial charge in [0.1, 0.15) is 16.2 Å². The molecule has 3 aromatic rings. The molecular weight excluding hydrogens is 428 g/mol. The fraction of sp³-hybridized carbons (Fsp3) is 0.455. The van der Waals surface area contributed by atoms with E-state index in [4.69, 9.17) is 9.97 Å². The van der Waals surface area contributed by atoms with E-state index in [1.807, 2.05) is 6.92 Å². The van der Waals surface area contributed by atoms with Crippen LogP contribution < -0.4 is 0 Å². The summed E-state index contributed by atoms with van der Waals surface area (Å²) in [6.07, 6.45) is 7.15.